The zero-order valence-corrected chi connectivity index (χ0v) is 9.77. The number of hydrogen-bond donors (Lipinski definition) is 1. The summed E-state index contributed by atoms with van der Waals surface area (Å²) in [5.74, 6) is -2.01. The van der Waals surface area contributed by atoms with Gasteiger partial charge in [0.2, 0.25) is 0 Å². The molecule has 4 heteroatoms. The van der Waals surface area contributed by atoms with E-state index in [1.807, 2.05) is 6.92 Å². The van der Waals surface area contributed by atoms with Crippen LogP contribution in [0.25, 0.3) is 11.1 Å². The average molecular weight is 240 g/mol. The number of carboxylic acid groups (broad SMARTS) is 1. The van der Waals surface area contributed by atoms with Crippen LogP contribution in [0.15, 0.2) is 36.4 Å². The van der Waals surface area contributed by atoms with Crippen LogP contribution in [0.3, 0.4) is 0 Å². The van der Waals surface area contributed by atoms with E-state index in [-0.39, 0.29) is 5.56 Å². The van der Waals surface area contributed by atoms with Gasteiger partial charge in [-0.1, -0.05) is 29.7 Å². The second-order valence-corrected chi connectivity index (χ2v) is 4.07. The zero-order chi connectivity index (χ0) is 13.3. The van der Waals surface area contributed by atoms with E-state index in [0.717, 1.165) is 11.1 Å². The molecule has 2 rings (SSSR count). The van der Waals surface area contributed by atoms with Crippen molar-refractivity contribution in [2.24, 2.45) is 0 Å². The number of benzene rings is 2. The van der Waals surface area contributed by atoms with Gasteiger partial charge in [0.05, 0.1) is 5.56 Å². The quantitative estimate of drug-likeness (QED) is 0.817. The van der Waals surface area contributed by atoms with Crippen molar-refractivity contribution in [3.63, 3.8) is 0 Å². The molecule has 2 aromatic carbocycles. The second-order valence-electron chi connectivity index (χ2n) is 4.07. The maximum atomic E-state index is 13.6. The number of carbonyl (C=O) groups is 1. The van der Waals surface area contributed by atoms with Crippen LogP contribution in [-0.4, -0.2) is 18.9 Å². The minimum absolute atomic E-state index is 0.327. The summed E-state index contributed by atoms with van der Waals surface area (Å²) < 4.78 is 13.6. The summed E-state index contributed by atoms with van der Waals surface area (Å²) in [6.07, 6.45) is 0. The Morgan fingerprint density at radius 2 is 1.94 bits per heavy atom. The fourth-order valence-electron chi connectivity index (χ4n) is 1.87. The summed E-state index contributed by atoms with van der Waals surface area (Å²) >= 11 is 0. The van der Waals surface area contributed by atoms with Gasteiger partial charge in [0.25, 0.3) is 0 Å². The third-order valence-electron chi connectivity index (χ3n) is 2.76. The van der Waals surface area contributed by atoms with Gasteiger partial charge in [-0.05, 0) is 35.7 Å². The molecule has 2 nitrogen and oxygen atoms in total. The molecule has 0 aliphatic heterocycles. The lowest BCUT2D eigenvalue weighted by Crippen LogP contribution is -2.03. The van der Waals surface area contributed by atoms with Crippen molar-refractivity contribution in [3.05, 3.63) is 53.3 Å². The molecule has 0 heterocycles. The third-order valence-corrected chi connectivity index (χ3v) is 2.76. The second kappa shape index (κ2) is 4.65. The van der Waals surface area contributed by atoms with Crippen molar-refractivity contribution in [2.45, 2.75) is 6.92 Å². The summed E-state index contributed by atoms with van der Waals surface area (Å²) in [5, 5.41) is 8.76. The van der Waals surface area contributed by atoms with Gasteiger partial charge in [0.1, 0.15) is 13.7 Å². The molecule has 0 amide bonds. The average Bonchev–Trinajstić information content (AvgIpc) is 2.28. The first-order valence-corrected chi connectivity index (χ1v) is 5.38. The third kappa shape index (κ3) is 2.27. The lowest BCUT2D eigenvalue weighted by Gasteiger charge is -2.08. The predicted octanol–water partition coefficient (Wildman–Crippen LogP) is 2.29. The molecule has 2 radical (unpaired) electrons. The molecule has 2 aromatic rings. The van der Waals surface area contributed by atoms with Gasteiger partial charge < -0.3 is 5.11 Å². The number of aromatic carboxylic acids is 1. The molecule has 0 atom stereocenters. The van der Waals surface area contributed by atoms with Gasteiger partial charge in [0.15, 0.2) is 0 Å². The highest BCUT2D eigenvalue weighted by Gasteiger charge is 2.11. The standard InChI is InChI=1S/C14H10BFO2/c1-8-6-10(15)3-5-11(8)9-2-4-12(14(17)18)13(16)7-9/h2-7H,1H3,(H,17,18). The molecule has 0 aliphatic rings. The van der Waals surface area contributed by atoms with Crippen LogP contribution in [0.1, 0.15) is 15.9 Å². The SMILES string of the molecule is [B]c1ccc(-c2ccc(C(=O)O)c(F)c2)c(C)c1. The van der Waals surface area contributed by atoms with Crippen molar-refractivity contribution in [1.29, 1.82) is 0 Å². The molecular formula is C14H10BFO2. The highest BCUT2D eigenvalue weighted by atomic mass is 19.1. The summed E-state index contributed by atoms with van der Waals surface area (Å²) in [6.45, 7) is 1.87. The number of halogens is 1. The van der Waals surface area contributed by atoms with Gasteiger partial charge in [-0.3, -0.25) is 0 Å². The Labute approximate surface area is 105 Å². The summed E-state index contributed by atoms with van der Waals surface area (Å²) in [5.41, 5.74) is 2.69. The van der Waals surface area contributed by atoms with Crippen LogP contribution in [0.2, 0.25) is 0 Å². The predicted molar refractivity (Wildman–Crippen MR) is 68.9 cm³/mol. The molecule has 0 unspecified atom stereocenters. The first-order chi connectivity index (χ1) is 8.49. The van der Waals surface area contributed by atoms with Crippen LogP contribution in [0.5, 0.6) is 0 Å². The number of aryl methyl sites for hydroxylation is 1. The molecule has 1 N–H and O–H groups in total. The first kappa shape index (κ1) is 12.4. The van der Waals surface area contributed by atoms with Crippen molar-refractivity contribution in [3.8, 4) is 11.1 Å². The largest absolute Gasteiger partial charge is 0.478 e. The van der Waals surface area contributed by atoms with E-state index in [2.05, 4.69) is 0 Å². The minimum atomic E-state index is -1.27. The van der Waals surface area contributed by atoms with E-state index in [1.165, 1.54) is 12.1 Å². The van der Waals surface area contributed by atoms with Crippen LogP contribution < -0.4 is 5.46 Å². The molecule has 0 bridgehead atoms. The molecule has 0 saturated heterocycles. The topological polar surface area (TPSA) is 37.3 Å². The Bertz CT molecular complexity index is 623. The Morgan fingerprint density at radius 3 is 2.50 bits per heavy atom. The molecule has 0 fully saturated rings. The highest BCUT2D eigenvalue weighted by Crippen LogP contribution is 2.24. The maximum Gasteiger partial charge on any atom is 0.338 e. The van der Waals surface area contributed by atoms with E-state index < -0.39 is 11.8 Å². The summed E-state index contributed by atoms with van der Waals surface area (Å²) in [4.78, 5) is 10.7. The van der Waals surface area contributed by atoms with Gasteiger partial charge in [0, 0.05) is 0 Å². The van der Waals surface area contributed by atoms with Crippen molar-refractivity contribution >= 4 is 19.3 Å². The Hall–Kier alpha value is -2.10. The lowest BCUT2D eigenvalue weighted by molar-refractivity contribution is 0.0692. The fraction of sp³-hybridized carbons (Fsp3) is 0.0714. The van der Waals surface area contributed by atoms with Crippen molar-refractivity contribution in [1.82, 2.24) is 0 Å². The first-order valence-electron chi connectivity index (χ1n) is 5.38. The molecule has 0 aliphatic carbocycles. The van der Waals surface area contributed by atoms with Gasteiger partial charge in [-0.15, -0.1) is 0 Å². The monoisotopic (exact) mass is 240 g/mol. The fourth-order valence-corrected chi connectivity index (χ4v) is 1.87. The summed E-state index contributed by atoms with van der Waals surface area (Å²) in [7, 11) is 5.65. The summed E-state index contributed by atoms with van der Waals surface area (Å²) in [6, 6.07) is 9.39. The van der Waals surface area contributed by atoms with E-state index in [9.17, 15) is 9.18 Å². The van der Waals surface area contributed by atoms with E-state index in [1.54, 1.807) is 24.3 Å². The molecule has 18 heavy (non-hydrogen) atoms. The van der Waals surface area contributed by atoms with Gasteiger partial charge in [-0.2, -0.15) is 0 Å². The van der Waals surface area contributed by atoms with Gasteiger partial charge in [-0.25, -0.2) is 9.18 Å². The Balaban J connectivity index is 2.52. The maximum absolute atomic E-state index is 13.6. The van der Waals surface area contributed by atoms with E-state index >= 15 is 0 Å². The van der Waals surface area contributed by atoms with E-state index in [0.29, 0.717) is 11.0 Å². The minimum Gasteiger partial charge on any atom is -0.478 e. The number of carboxylic acids is 1. The highest BCUT2D eigenvalue weighted by molar-refractivity contribution is 6.32. The van der Waals surface area contributed by atoms with Crippen LogP contribution >= 0.6 is 0 Å². The Kier molecular flexibility index (Phi) is 3.19. The smallest absolute Gasteiger partial charge is 0.338 e. The van der Waals surface area contributed by atoms with Crippen LogP contribution in [-0.2, 0) is 0 Å². The molecule has 0 spiro atoms. The molecule has 0 saturated carbocycles. The number of hydrogen-bond acceptors (Lipinski definition) is 1. The lowest BCUT2D eigenvalue weighted by atomic mass is 9.90. The van der Waals surface area contributed by atoms with Crippen molar-refractivity contribution in [2.75, 3.05) is 0 Å². The van der Waals surface area contributed by atoms with E-state index in [4.69, 9.17) is 13.0 Å². The Morgan fingerprint density at radius 1 is 1.22 bits per heavy atom. The zero-order valence-electron chi connectivity index (χ0n) is 9.77. The van der Waals surface area contributed by atoms with Crippen LogP contribution in [0.4, 0.5) is 4.39 Å². The molecular weight excluding hydrogens is 230 g/mol. The molecule has 0 aromatic heterocycles. The van der Waals surface area contributed by atoms with Gasteiger partial charge >= 0.3 is 5.97 Å². The van der Waals surface area contributed by atoms with Crippen LogP contribution in [0, 0.1) is 12.7 Å². The number of rotatable bonds is 2. The van der Waals surface area contributed by atoms with Crippen molar-refractivity contribution < 1.29 is 14.3 Å². The molecule has 88 valence electrons. The normalized spacial score (nSPS) is 10.3.